The van der Waals surface area contributed by atoms with E-state index in [2.05, 4.69) is 15.3 Å². The van der Waals surface area contributed by atoms with E-state index in [1.54, 1.807) is 6.07 Å². The summed E-state index contributed by atoms with van der Waals surface area (Å²) in [6.45, 7) is 1.05. The maximum absolute atomic E-state index is 6.09. The van der Waals surface area contributed by atoms with Gasteiger partial charge in [0.25, 0.3) is 0 Å². The Kier molecular flexibility index (Phi) is 2.54. The van der Waals surface area contributed by atoms with Gasteiger partial charge in [0.15, 0.2) is 0 Å². The number of nitrogens with zero attached hydrogens (tertiary/aromatic N) is 1. The summed E-state index contributed by atoms with van der Waals surface area (Å²) in [5.41, 5.74) is 1.70. The molecule has 3 nitrogen and oxygen atoms in total. The lowest BCUT2D eigenvalue weighted by molar-refractivity contribution is 0.614. The van der Waals surface area contributed by atoms with Crippen LogP contribution in [-0.4, -0.2) is 16.5 Å². The topological polar surface area (TPSA) is 40.7 Å². The number of halogens is 2. The van der Waals surface area contributed by atoms with E-state index in [0.717, 1.165) is 29.8 Å². The van der Waals surface area contributed by atoms with Crippen molar-refractivity contribution in [3.05, 3.63) is 28.0 Å². The second kappa shape index (κ2) is 3.91. The molecule has 1 aromatic heterocycles. The summed E-state index contributed by atoms with van der Waals surface area (Å²) in [4.78, 5) is 7.80. The molecule has 2 heterocycles. The van der Waals surface area contributed by atoms with Gasteiger partial charge in [-0.1, -0.05) is 23.2 Å². The number of rotatable bonds is 1. The Morgan fingerprint density at radius 3 is 2.94 bits per heavy atom. The van der Waals surface area contributed by atoms with Crippen LogP contribution >= 0.6 is 23.2 Å². The Morgan fingerprint density at radius 1 is 1.31 bits per heavy atom. The van der Waals surface area contributed by atoms with Crippen LogP contribution < -0.4 is 5.32 Å². The maximum Gasteiger partial charge on any atom is 0.124 e. The van der Waals surface area contributed by atoms with Crippen molar-refractivity contribution >= 4 is 34.2 Å². The zero-order valence-electron chi connectivity index (χ0n) is 8.56. The SMILES string of the molecule is Clc1cc(Cl)c2nc(C3CCCN3)[nH]c2c1. The molecule has 1 fully saturated rings. The van der Waals surface area contributed by atoms with Crippen molar-refractivity contribution in [1.29, 1.82) is 0 Å². The molecule has 0 radical (unpaired) electrons. The first-order valence-corrected chi connectivity index (χ1v) is 6.07. The number of imidazole rings is 1. The van der Waals surface area contributed by atoms with Crippen molar-refractivity contribution in [1.82, 2.24) is 15.3 Å². The molecule has 0 amide bonds. The monoisotopic (exact) mass is 255 g/mol. The molecule has 2 aromatic rings. The van der Waals surface area contributed by atoms with Crippen molar-refractivity contribution in [2.75, 3.05) is 6.54 Å². The summed E-state index contributed by atoms with van der Waals surface area (Å²) in [5.74, 6) is 0.955. The zero-order valence-corrected chi connectivity index (χ0v) is 10.1. The first-order chi connectivity index (χ1) is 7.74. The third-order valence-electron chi connectivity index (χ3n) is 2.91. The molecule has 1 aliphatic rings. The van der Waals surface area contributed by atoms with Gasteiger partial charge in [0, 0.05) is 5.02 Å². The zero-order chi connectivity index (χ0) is 11.1. The fourth-order valence-corrected chi connectivity index (χ4v) is 2.68. The lowest BCUT2D eigenvalue weighted by atomic mass is 10.2. The molecule has 0 bridgehead atoms. The van der Waals surface area contributed by atoms with E-state index >= 15 is 0 Å². The molecule has 0 saturated carbocycles. The number of hydrogen-bond donors (Lipinski definition) is 2. The molecular weight excluding hydrogens is 245 g/mol. The van der Waals surface area contributed by atoms with E-state index in [4.69, 9.17) is 23.2 Å². The van der Waals surface area contributed by atoms with Crippen LogP contribution in [0.4, 0.5) is 0 Å². The van der Waals surface area contributed by atoms with Crippen LogP contribution in [0.2, 0.25) is 10.0 Å². The first kappa shape index (κ1) is 10.4. The maximum atomic E-state index is 6.09. The van der Waals surface area contributed by atoms with Gasteiger partial charge >= 0.3 is 0 Å². The Labute approximate surface area is 103 Å². The molecule has 1 unspecified atom stereocenters. The van der Waals surface area contributed by atoms with Crippen LogP contribution in [0.25, 0.3) is 11.0 Å². The highest BCUT2D eigenvalue weighted by atomic mass is 35.5. The summed E-state index contributed by atoms with van der Waals surface area (Å²) in [5, 5.41) is 4.63. The van der Waals surface area contributed by atoms with Gasteiger partial charge in [-0.25, -0.2) is 4.98 Å². The highest BCUT2D eigenvalue weighted by Gasteiger charge is 2.20. The normalized spacial score (nSPS) is 20.8. The summed E-state index contributed by atoms with van der Waals surface area (Å²) in [6.07, 6.45) is 2.31. The molecule has 5 heteroatoms. The van der Waals surface area contributed by atoms with E-state index in [9.17, 15) is 0 Å². The predicted molar refractivity (Wildman–Crippen MR) is 66.1 cm³/mol. The summed E-state index contributed by atoms with van der Waals surface area (Å²) in [7, 11) is 0. The minimum Gasteiger partial charge on any atom is -0.341 e. The Morgan fingerprint density at radius 2 is 2.19 bits per heavy atom. The highest BCUT2D eigenvalue weighted by molar-refractivity contribution is 6.38. The Bertz CT molecular complexity index is 529. The van der Waals surface area contributed by atoms with Gasteiger partial charge in [0.2, 0.25) is 0 Å². The average Bonchev–Trinajstić information content (AvgIpc) is 2.82. The average molecular weight is 256 g/mol. The quantitative estimate of drug-likeness (QED) is 0.821. The van der Waals surface area contributed by atoms with Crippen LogP contribution in [-0.2, 0) is 0 Å². The van der Waals surface area contributed by atoms with Crippen LogP contribution in [0.15, 0.2) is 12.1 Å². The summed E-state index contributed by atoms with van der Waals surface area (Å²) >= 11 is 12.0. The molecule has 0 aliphatic carbocycles. The Balaban J connectivity index is 2.11. The minimum atomic E-state index is 0.322. The lowest BCUT2D eigenvalue weighted by Crippen LogP contribution is -2.13. The number of aromatic nitrogens is 2. The van der Waals surface area contributed by atoms with Gasteiger partial charge in [0.05, 0.1) is 16.6 Å². The second-order valence-corrected chi connectivity index (χ2v) is 4.90. The van der Waals surface area contributed by atoms with Gasteiger partial charge in [-0.15, -0.1) is 0 Å². The van der Waals surface area contributed by atoms with Crippen LogP contribution in [0.5, 0.6) is 0 Å². The van der Waals surface area contributed by atoms with E-state index in [-0.39, 0.29) is 0 Å². The number of aromatic amines is 1. The van der Waals surface area contributed by atoms with E-state index in [1.807, 2.05) is 6.07 Å². The third kappa shape index (κ3) is 1.69. The van der Waals surface area contributed by atoms with Gasteiger partial charge in [-0.2, -0.15) is 0 Å². The van der Waals surface area contributed by atoms with Crippen molar-refractivity contribution < 1.29 is 0 Å². The molecule has 3 rings (SSSR count). The smallest absolute Gasteiger partial charge is 0.124 e. The molecular formula is C11H11Cl2N3. The van der Waals surface area contributed by atoms with Crippen LogP contribution in [0.1, 0.15) is 24.7 Å². The van der Waals surface area contributed by atoms with Crippen molar-refractivity contribution in [3.63, 3.8) is 0 Å². The van der Waals surface area contributed by atoms with E-state index in [0.29, 0.717) is 16.1 Å². The fraction of sp³-hybridized carbons (Fsp3) is 0.364. The van der Waals surface area contributed by atoms with Crippen molar-refractivity contribution in [2.24, 2.45) is 0 Å². The van der Waals surface area contributed by atoms with Crippen LogP contribution in [0, 0.1) is 0 Å². The third-order valence-corrected chi connectivity index (χ3v) is 3.42. The molecule has 84 valence electrons. The lowest BCUT2D eigenvalue weighted by Gasteiger charge is -2.04. The number of nitrogens with one attached hydrogen (secondary N) is 2. The van der Waals surface area contributed by atoms with Crippen molar-refractivity contribution in [2.45, 2.75) is 18.9 Å². The minimum absolute atomic E-state index is 0.322. The number of benzene rings is 1. The highest BCUT2D eigenvalue weighted by Crippen LogP contribution is 2.29. The molecule has 0 spiro atoms. The largest absolute Gasteiger partial charge is 0.341 e. The van der Waals surface area contributed by atoms with Crippen LogP contribution in [0.3, 0.4) is 0 Å². The standard InChI is InChI=1S/C11H11Cl2N3/c12-6-4-7(13)10-9(5-6)15-11(16-10)8-2-1-3-14-8/h4-5,8,14H,1-3H2,(H,15,16). The van der Waals surface area contributed by atoms with E-state index < -0.39 is 0 Å². The number of hydrogen-bond acceptors (Lipinski definition) is 2. The van der Waals surface area contributed by atoms with Gasteiger partial charge in [0.1, 0.15) is 11.3 Å². The number of fused-ring (bicyclic) bond motifs is 1. The number of H-pyrrole nitrogens is 1. The second-order valence-electron chi connectivity index (χ2n) is 4.05. The molecule has 2 N–H and O–H groups in total. The van der Waals surface area contributed by atoms with E-state index in [1.165, 1.54) is 6.42 Å². The molecule has 1 aromatic carbocycles. The summed E-state index contributed by atoms with van der Waals surface area (Å²) in [6, 6.07) is 3.90. The van der Waals surface area contributed by atoms with Gasteiger partial charge in [-0.05, 0) is 31.5 Å². The molecule has 1 atom stereocenters. The van der Waals surface area contributed by atoms with Gasteiger partial charge < -0.3 is 10.3 Å². The molecule has 1 saturated heterocycles. The molecule has 16 heavy (non-hydrogen) atoms. The Hall–Kier alpha value is -0.770. The summed E-state index contributed by atoms with van der Waals surface area (Å²) < 4.78 is 0. The fourth-order valence-electron chi connectivity index (χ4n) is 2.14. The first-order valence-electron chi connectivity index (χ1n) is 5.32. The van der Waals surface area contributed by atoms with Crippen molar-refractivity contribution in [3.8, 4) is 0 Å². The van der Waals surface area contributed by atoms with Gasteiger partial charge in [-0.3, -0.25) is 0 Å². The molecule has 1 aliphatic heterocycles. The predicted octanol–water partition coefficient (Wildman–Crippen LogP) is 3.29.